The van der Waals surface area contributed by atoms with Crippen LogP contribution in [0.25, 0.3) is 0 Å². The fourth-order valence-corrected chi connectivity index (χ4v) is 2.30. The minimum atomic E-state index is 0.184. The Bertz CT molecular complexity index is 260. The van der Waals surface area contributed by atoms with Crippen molar-refractivity contribution < 1.29 is 4.79 Å². The number of carbonyl (C=O) groups is 1. The van der Waals surface area contributed by atoms with E-state index in [0.29, 0.717) is 12.0 Å². The third-order valence-corrected chi connectivity index (χ3v) is 3.57. The topological polar surface area (TPSA) is 29.1 Å². The maximum absolute atomic E-state index is 12.2. The van der Waals surface area contributed by atoms with Crippen molar-refractivity contribution in [3.05, 3.63) is 11.8 Å². The lowest BCUT2D eigenvalue weighted by Gasteiger charge is -2.22. The standard InChI is InChI=1S/C16H31NO/c1-7-13(8-2)15(17-12(5)6)11-16(18)14(9-3)10-4/h11-14,17H,7-10H2,1-6H3/b15-11-. The molecule has 0 aliphatic rings. The normalized spacial score (nSPS) is 12.6. The van der Waals surface area contributed by atoms with Gasteiger partial charge in [0.05, 0.1) is 0 Å². The van der Waals surface area contributed by atoms with E-state index in [9.17, 15) is 4.79 Å². The van der Waals surface area contributed by atoms with E-state index >= 15 is 0 Å². The molecule has 0 aliphatic carbocycles. The van der Waals surface area contributed by atoms with Gasteiger partial charge in [-0.25, -0.2) is 0 Å². The van der Waals surface area contributed by atoms with Gasteiger partial charge in [-0.15, -0.1) is 0 Å². The van der Waals surface area contributed by atoms with Crippen molar-refractivity contribution in [1.82, 2.24) is 5.32 Å². The molecule has 0 spiro atoms. The van der Waals surface area contributed by atoms with Crippen LogP contribution in [0.5, 0.6) is 0 Å². The van der Waals surface area contributed by atoms with Crippen LogP contribution in [0.2, 0.25) is 0 Å². The molecule has 0 saturated heterocycles. The monoisotopic (exact) mass is 253 g/mol. The maximum atomic E-state index is 12.2. The number of allylic oxidation sites excluding steroid dienone is 2. The van der Waals surface area contributed by atoms with Gasteiger partial charge in [-0.05, 0) is 45.4 Å². The number of carbonyl (C=O) groups excluding carboxylic acids is 1. The van der Waals surface area contributed by atoms with E-state index in [1.54, 1.807) is 0 Å². The predicted octanol–water partition coefficient (Wildman–Crippen LogP) is 4.31. The van der Waals surface area contributed by atoms with Crippen LogP contribution in [0, 0.1) is 11.8 Å². The summed E-state index contributed by atoms with van der Waals surface area (Å²) in [5, 5.41) is 3.46. The van der Waals surface area contributed by atoms with E-state index < -0.39 is 0 Å². The molecule has 0 aliphatic heterocycles. The first-order valence-corrected chi connectivity index (χ1v) is 7.51. The first kappa shape index (κ1) is 17.2. The van der Waals surface area contributed by atoms with E-state index in [0.717, 1.165) is 31.4 Å². The van der Waals surface area contributed by atoms with Gasteiger partial charge in [0.15, 0.2) is 5.78 Å². The highest BCUT2D eigenvalue weighted by molar-refractivity contribution is 5.92. The number of ketones is 1. The fraction of sp³-hybridized carbons (Fsp3) is 0.812. The fourth-order valence-electron chi connectivity index (χ4n) is 2.30. The largest absolute Gasteiger partial charge is 0.386 e. The summed E-state index contributed by atoms with van der Waals surface area (Å²) in [6.45, 7) is 12.8. The van der Waals surface area contributed by atoms with Gasteiger partial charge in [-0.1, -0.05) is 27.7 Å². The van der Waals surface area contributed by atoms with Crippen molar-refractivity contribution in [2.75, 3.05) is 0 Å². The summed E-state index contributed by atoms with van der Waals surface area (Å²) in [6.07, 6.45) is 5.90. The molecular formula is C16H31NO. The molecule has 0 amide bonds. The second-order valence-electron chi connectivity index (χ2n) is 5.33. The minimum absolute atomic E-state index is 0.184. The quantitative estimate of drug-likeness (QED) is 0.620. The first-order chi connectivity index (χ1) is 8.49. The summed E-state index contributed by atoms with van der Waals surface area (Å²) in [6, 6.07) is 0.381. The van der Waals surface area contributed by atoms with Crippen molar-refractivity contribution in [2.24, 2.45) is 11.8 Å². The molecule has 18 heavy (non-hydrogen) atoms. The second-order valence-corrected chi connectivity index (χ2v) is 5.33. The SMILES string of the molecule is CCC(CC)C(=O)/C=C(\NC(C)C)C(CC)CC. The molecule has 0 aromatic carbocycles. The number of hydrogen-bond acceptors (Lipinski definition) is 2. The summed E-state index contributed by atoms with van der Waals surface area (Å²) in [5.41, 5.74) is 1.13. The Kier molecular flexibility index (Phi) is 8.78. The first-order valence-electron chi connectivity index (χ1n) is 7.51. The summed E-state index contributed by atoms with van der Waals surface area (Å²) in [5.74, 6) is 0.948. The Morgan fingerprint density at radius 3 is 1.72 bits per heavy atom. The van der Waals surface area contributed by atoms with Gasteiger partial charge in [-0.2, -0.15) is 0 Å². The second kappa shape index (κ2) is 9.18. The summed E-state index contributed by atoms with van der Waals surface area (Å²) in [4.78, 5) is 12.2. The molecule has 2 heteroatoms. The molecule has 0 fully saturated rings. The van der Waals surface area contributed by atoms with Crippen LogP contribution >= 0.6 is 0 Å². The van der Waals surface area contributed by atoms with E-state index in [1.165, 1.54) is 0 Å². The van der Waals surface area contributed by atoms with Crippen molar-refractivity contribution in [3.8, 4) is 0 Å². The zero-order valence-corrected chi connectivity index (χ0v) is 13.0. The van der Waals surface area contributed by atoms with E-state index in [2.05, 4.69) is 46.9 Å². The molecule has 0 saturated carbocycles. The van der Waals surface area contributed by atoms with Gasteiger partial charge >= 0.3 is 0 Å². The molecule has 0 rings (SSSR count). The van der Waals surface area contributed by atoms with Gasteiger partial charge in [0, 0.05) is 23.7 Å². The van der Waals surface area contributed by atoms with Crippen molar-refractivity contribution in [1.29, 1.82) is 0 Å². The molecule has 0 bridgehead atoms. The third kappa shape index (κ3) is 5.70. The van der Waals surface area contributed by atoms with E-state index in [1.807, 2.05) is 6.08 Å². The van der Waals surface area contributed by atoms with Crippen LogP contribution in [0.4, 0.5) is 0 Å². The van der Waals surface area contributed by atoms with Crippen LogP contribution < -0.4 is 5.32 Å². The van der Waals surface area contributed by atoms with Crippen molar-refractivity contribution in [3.63, 3.8) is 0 Å². The highest BCUT2D eigenvalue weighted by atomic mass is 16.1. The molecule has 0 aromatic rings. The Morgan fingerprint density at radius 1 is 0.944 bits per heavy atom. The number of rotatable bonds is 9. The smallest absolute Gasteiger partial charge is 0.160 e. The molecule has 0 heterocycles. The lowest BCUT2D eigenvalue weighted by atomic mass is 9.93. The van der Waals surface area contributed by atoms with Gasteiger partial charge in [0.25, 0.3) is 0 Å². The van der Waals surface area contributed by atoms with Crippen LogP contribution in [-0.4, -0.2) is 11.8 Å². The predicted molar refractivity (Wildman–Crippen MR) is 79.5 cm³/mol. The molecule has 0 atom stereocenters. The molecule has 0 aromatic heterocycles. The highest BCUT2D eigenvalue weighted by Gasteiger charge is 2.17. The van der Waals surface area contributed by atoms with E-state index in [4.69, 9.17) is 0 Å². The molecule has 0 unspecified atom stereocenters. The van der Waals surface area contributed by atoms with Crippen molar-refractivity contribution in [2.45, 2.75) is 73.3 Å². The average molecular weight is 253 g/mol. The van der Waals surface area contributed by atoms with Crippen LogP contribution in [-0.2, 0) is 4.79 Å². The zero-order chi connectivity index (χ0) is 14.1. The van der Waals surface area contributed by atoms with Crippen LogP contribution in [0.15, 0.2) is 11.8 Å². The summed E-state index contributed by atoms with van der Waals surface area (Å²) in [7, 11) is 0. The zero-order valence-electron chi connectivity index (χ0n) is 13.0. The lowest BCUT2D eigenvalue weighted by Crippen LogP contribution is -2.28. The van der Waals surface area contributed by atoms with Gasteiger partial charge in [0.2, 0.25) is 0 Å². The minimum Gasteiger partial charge on any atom is -0.386 e. The number of hydrogen-bond donors (Lipinski definition) is 1. The maximum Gasteiger partial charge on any atom is 0.160 e. The average Bonchev–Trinajstić information content (AvgIpc) is 2.31. The molecule has 1 N–H and O–H groups in total. The van der Waals surface area contributed by atoms with Gasteiger partial charge in [-0.3, -0.25) is 4.79 Å². The van der Waals surface area contributed by atoms with Gasteiger partial charge < -0.3 is 5.32 Å². The molecular weight excluding hydrogens is 222 g/mol. The van der Waals surface area contributed by atoms with E-state index in [-0.39, 0.29) is 11.7 Å². The Hall–Kier alpha value is -0.790. The Balaban J connectivity index is 4.98. The summed E-state index contributed by atoms with van der Waals surface area (Å²) >= 11 is 0. The summed E-state index contributed by atoms with van der Waals surface area (Å²) < 4.78 is 0. The van der Waals surface area contributed by atoms with Gasteiger partial charge in [0.1, 0.15) is 0 Å². The number of nitrogens with one attached hydrogen (secondary N) is 1. The van der Waals surface area contributed by atoms with Crippen LogP contribution in [0.3, 0.4) is 0 Å². The molecule has 0 radical (unpaired) electrons. The Morgan fingerprint density at radius 2 is 1.39 bits per heavy atom. The van der Waals surface area contributed by atoms with Crippen molar-refractivity contribution >= 4 is 5.78 Å². The molecule has 106 valence electrons. The Labute approximate surface area is 113 Å². The van der Waals surface area contributed by atoms with Crippen LogP contribution in [0.1, 0.15) is 67.2 Å². The third-order valence-electron chi connectivity index (χ3n) is 3.57. The molecule has 2 nitrogen and oxygen atoms in total. The highest BCUT2D eigenvalue weighted by Crippen LogP contribution is 2.19. The lowest BCUT2D eigenvalue weighted by molar-refractivity contribution is -0.118.